The number of anilines is 1. The van der Waals surface area contributed by atoms with Crippen LogP contribution < -0.4 is 11.3 Å². The van der Waals surface area contributed by atoms with Crippen LogP contribution >= 0.6 is 11.6 Å². The third-order valence-corrected chi connectivity index (χ3v) is 3.08. The number of nitrogen functional groups attached to an aromatic ring is 1. The number of nitrogens with one attached hydrogen (secondary N) is 1. The van der Waals surface area contributed by atoms with Crippen molar-refractivity contribution in [3.05, 3.63) is 34.5 Å². The number of nitrogens with two attached hydrogens (primary N) is 1. The average molecular weight is 236 g/mol. The molecule has 0 bridgehead atoms. The Morgan fingerprint density at radius 2 is 2.19 bits per heavy atom. The van der Waals surface area contributed by atoms with Crippen LogP contribution in [-0.4, -0.2) is 4.98 Å². The minimum absolute atomic E-state index is 0.653. The Morgan fingerprint density at radius 3 is 2.81 bits per heavy atom. The Labute approximate surface area is 99.6 Å². The molecule has 0 fully saturated rings. The van der Waals surface area contributed by atoms with Crippen molar-refractivity contribution in [2.75, 3.05) is 5.43 Å². The van der Waals surface area contributed by atoms with Crippen molar-refractivity contribution < 1.29 is 0 Å². The second kappa shape index (κ2) is 4.28. The average Bonchev–Trinajstić information content (AvgIpc) is 2.28. The van der Waals surface area contributed by atoms with Crippen LogP contribution in [0.2, 0.25) is 5.02 Å². The molecule has 0 aliphatic carbocycles. The molecular formula is C12H14ClN3. The van der Waals surface area contributed by atoms with Crippen LogP contribution in [0.25, 0.3) is 10.9 Å². The van der Waals surface area contributed by atoms with Crippen molar-refractivity contribution in [3.63, 3.8) is 0 Å². The van der Waals surface area contributed by atoms with Gasteiger partial charge in [0, 0.05) is 11.1 Å². The number of hydrogen-bond donors (Lipinski definition) is 2. The molecule has 0 atom stereocenters. The summed E-state index contributed by atoms with van der Waals surface area (Å²) in [6.07, 6.45) is 0.890. The molecule has 0 radical (unpaired) electrons. The van der Waals surface area contributed by atoms with E-state index in [1.54, 1.807) is 0 Å². The Kier molecular flexibility index (Phi) is 2.99. The number of nitrogens with zero attached hydrogens (tertiary/aromatic N) is 1. The van der Waals surface area contributed by atoms with Gasteiger partial charge in [0.15, 0.2) is 0 Å². The molecule has 0 saturated carbocycles. The first-order valence-electron chi connectivity index (χ1n) is 5.23. The van der Waals surface area contributed by atoms with Gasteiger partial charge in [0.1, 0.15) is 0 Å². The topological polar surface area (TPSA) is 50.9 Å². The summed E-state index contributed by atoms with van der Waals surface area (Å²) in [4.78, 5) is 4.53. The van der Waals surface area contributed by atoms with Crippen molar-refractivity contribution in [1.82, 2.24) is 4.98 Å². The zero-order valence-electron chi connectivity index (χ0n) is 9.34. The molecule has 0 spiro atoms. The van der Waals surface area contributed by atoms with Gasteiger partial charge in [-0.15, -0.1) is 0 Å². The van der Waals surface area contributed by atoms with Gasteiger partial charge in [-0.25, -0.2) is 0 Å². The summed E-state index contributed by atoms with van der Waals surface area (Å²) in [5.74, 6) is 5.59. The number of benzene rings is 1. The molecule has 3 nitrogen and oxygen atoms in total. The molecular weight excluding hydrogens is 222 g/mol. The molecule has 0 aliphatic rings. The highest BCUT2D eigenvalue weighted by atomic mass is 35.5. The minimum Gasteiger partial charge on any atom is -0.323 e. The van der Waals surface area contributed by atoms with Gasteiger partial charge < -0.3 is 5.43 Å². The molecule has 2 rings (SSSR count). The molecule has 84 valence electrons. The molecule has 0 saturated heterocycles. The van der Waals surface area contributed by atoms with Gasteiger partial charge in [0.2, 0.25) is 0 Å². The quantitative estimate of drug-likeness (QED) is 0.621. The summed E-state index contributed by atoms with van der Waals surface area (Å²) < 4.78 is 0. The highest BCUT2D eigenvalue weighted by molar-refractivity contribution is 6.35. The monoisotopic (exact) mass is 235 g/mol. The smallest absolute Gasteiger partial charge is 0.0912 e. The van der Waals surface area contributed by atoms with E-state index in [1.165, 1.54) is 0 Å². The van der Waals surface area contributed by atoms with Crippen molar-refractivity contribution in [2.24, 2.45) is 5.84 Å². The first-order valence-corrected chi connectivity index (χ1v) is 5.61. The van der Waals surface area contributed by atoms with Crippen LogP contribution in [0.3, 0.4) is 0 Å². The SMILES string of the molecule is CCc1c(C)nc2c(Cl)cccc2c1NN. The third-order valence-electron chi connectivity index (χ3n) is 2.77. The zero-order chi connectivity index (χ0) is 11.7. The number of halogens is 1. The van der Waals surface area contributed by atoms with E-state index in [4.69, 9.17) is 17.4 Å². The maximum absolute atomic E-state index is 6.12. The lowest BCUT2D eigenvalue weighted by Crippen LogP contribution is -2.11. The molecule has 0 aliphatic heterocycles. The molecule has 1 heterocycles. The Hall–Kier alpha value is -1.32. The van der Waals surface area contributed by atoms with E-state index in [0.29, 0.717) is 5.02 Å². The normalized spacial score (nSPS) is 10.8. The molecule has 3 N–H and O–H groups in total. The van der Waals surface area contributed by atoms with E-state index in [2.05, 4.69) is 17.3 Å². The van der Waals surface area contributed by atoms with Crippen LogP contribution in [0.15, 0.2) is 18.2 Å². The van der Waals surface area contributed by atoms with Crippen LogP contribution in [0.5, 0.6) is 0 Å². The Balaban J connectivity index is 2.90. The predicted octanol–water partition coefficient (Wildman–Crippen LogP) is 3.04. The standard InChI is InChI=1S/C12H14ClN3/c1-3-8-7(2)15-12-9(11(8)16-14)5-4-6-10(12)13/h4-6H,3,14H2,1-2H3,(H,15,16). The van der Waals surface area contributed by atoms with Crippen molar-refractivity contribution in [3.8, 4) is 0 Å². The van der Waals surface area contributed by atoms with Crippen molar-refractivity contribution in [2.45, 2.75) is 20.3 Å². The number of pyridine rings is 1. The van der Waals surface area contributed by atoms with Crippen LogP contribution in [-0.2, 0) is 6.42 Å². The number of fused-ring (bicyclic) bond motifs is 1. The highest BCUT2D eigenvalue weighted by Crippen LogP contribution is 2.31. The maximum atomic E-state index is 6.12. The summed E-state index contributed by atoms with van der Waals surface area (Å²) in [6, 6.07) is 5.71. The van der Waals surface area contributed by atoms with Gasteiger partial charge in [-0.1, -0.05) is 30.7 Å². The summed E-state index contributed by atoms with van der Waals surface area (Å²) >= 11 is 6.12. The first kappa shape index (κ1) is 11.2. The van der Waals surface area contributed by atoms with Gasteiger partial charge >= 0.3 is 0 Å². The minimum atomic E-state index is 0.653. The van der Waals surface area contributed by atoms with Gasteiger partial charge in [0.25, 0.3) is 0 Å². The van der Waals surface area contributed by atoms with E-state index in [0.717, 1.165) is 34.3 Å². The second-order valence-corrected chi connectivity index (χ2v) is 4.09. The number of para-hydroxylation sites is 1. The Morgan fingerprint density at radius 1 is 1.44 bits per heavy atom. The molecule has 0 amide bonds. The Bertz CT molecular complexity index is 537. The summed E-state index contributed by atoms with van der Waals surface area (Å²) in [5, 5.41) is 1.62. The summed E-state index contributed by atoms with van der Waals surface area (Å²) in [5.41, 5.74) is 6.59. The summed E-state index contributed by atoms with van der Waals surface area (Å²) in [7, 11) is 0. The number of aryl methyl sites for hydroxylation is 1. The van der Waals surface area contributed by atoms with E-state index in [-0.39, 0.29) is 0 Å². The largest absolute Gasteiger partial charge is 0.323 e. The van der Waals surface area contributed by atoms with Gasteiger partial charge in [0.05, 0.1) is 16.2 Å². The van der Waals surface area contributed by atoms with Crippen LogP contribution in [0.1, 0.15) is 18.2 Å². The fourth-order valence-electron chi connectivity index (χ4n) is 2.01. The van der Waals surface area contributed by atoms with E-state index >= 15 is 0 Å². The van der Waals surface area contributed by atoms with E-state index < -0.39 is 0 Å². The number of hydrogen-bond acceptors (Lipinski definition) is 3. The lowest BCUT2D eigenvalue weighted by Gasteiger charge is -2.13. The third kappa shape index (κ3) is 1.62. The second-order valence-electron chi connectivity index (χ2n) is 3.68. The van der Waals surface area contributed by atoms with E-state index in [9.17, 15) is 0 Å². The number of aromatic nitrogens is 1. The fourth-order valence-corrected chi connectivity index (χ4v) is 2.22. The van der Waals surface area contributed by atoms with Gasteiger partial charge in [-0.2, -0.15) is 0 Å². The molecule has 2 aromatic rings. The predicted molar refractivity (Wildman–Crippen MR) is 68.7 cm³/mol. The lowest BCUT2D eigenvalue weighted by molar-refractivity contribution is 1.06. The van der Waals surface area contributed by atoms with Crippen LogP contribution in [0, 0.1) is 6.92 Å². The number of hydrazine groups is 1. The lowest BCUT2D eigenvalue weighted by atomic mass is 10.0. The first-order chi connectivity index (χ1) is 7.69. The van der Waals surface area contributed by atoms with Crippen LogP contribution in [0.4, 0.5) is 5.69 Å². The number of rotatable bonds is 2. The van der Waals surface area contributed by atoms with Gasteiger partial charge in [-0.05, 0) is 25.0 Å². The molecule has 1 aromatic heterocycles. The van der Waals surface area contributed by atoms with Crippen molar-refractivity contribution in [1.29, 1.82) is 0 Å². The van der Waals surface area contributed by atoms with Crippen molar-refractivity contribution >= 4 is 28.2 Å². The molecule has 1 aromatic carbocycles. The summed E-state index contributed by atoms with van der Waals surface area (Å²) in [6.45, 7) is 4.06. The molecule has 4 heteroatoms. The fraction of sp³-hybridized carbons (Fsp3) is 0.250. The van der Waals surface area contributed by atoms with Gasteiger partial charge in [-0.3, -0.25) is 10.8 Å². The maximum Gasteiger partial charge on any atom is 0.0912 e. The molecule has 0 unspecified atom stereocenters. The highest BCUT2D eigenvalue weighted by Gasteiger charge is 2.11. The zero-order valence-corrected chi connectivity index (χ0v) is 10.1. The molecule has 16 heavy (non-hydrogen) atoms. The van der Waals surface area contributed by atoms with E-state index in [1.807, 2.05) is 25.1 Å².